The summed E-state index contributed by atoms with van der Waals surface area (Å²) in [4.78, 5) is 63.9. The summed E-state index contributed by atoms with van der Waals surface area (Å²) in [5, 5.41) is 0. The maximum absolute atomic E-state index is 13.7. The zero-order valence-electron chi connectivity index (χ0n) is 84.0. The van der Waals surface area contributed by atoms with Gasteiger partial charge in [0.15, 0.2) is 0 Å². The zero-order valence-corrected chi connectivity index (χ0v) is 84.0. The fourth-order valence-corrected chi connectivity index (χ4v) is 17.1. The molecular weight excluding hydrogens is 1640 g/mol. The number of nitrogens with zero attached hydrogens (tertiary/aromatic N) is 4. The molecule has 1 aliphatic rings. The lowest BCUT2D eigenvalue weighted by molar-refractivity contribution is -0.147. The van der Waals surface area contributed by atoms with Crippen molar-refractivity contribution in [1.82, 2.24) is 19.6 Å². The molecule has 720 valence electrons. The highest BCUT2D eigenvalue weighted by Gasteiger charge is 2.31. The Bertz CT molecular complexity index is 4050. The number of esters is 4. The van der Waals surface area contributed by atoms with Gasteiger partial charge in [0.1, 0.15) is 49.4 Å². The fraction of sp³-hybridized carbons (Fsp3) is 0.552. The summed E-state index contributed by atoms with van der Waals surface area (Å²) in [5.41, 5.74) is 16.1. The van der Waals surface area contributed by atoms with Gasteiger partial charge in [0.05, 0.1) is 52.6 Å². The van der Waals surface area contributed by atoms with E-state index in [-0.39, 0.29) is 98.1 Å². The van der Waals surface area contributed by atoms with Crippen molar-refractivity contribution in [3.63, 3.8) is 0 Å². The SMILES string of the molecule is CCCCCN(CCCCOc1c2cc(C(C)(C)C)cc1Cc1cc(C(C)(C)C)cc(c1OCCCCN(CCCCC)CC(=O)OCc1ccccc1)Cc1cc(C(C)(C)C)cc(c1OCCCCN(CCCCC)CC(=O)OCc1ccccc1)Cc1cc(C(C)(C)C)cc(c1OCCCCN(CCCCC)CC(=O)OCc1ccccc1)C2)CC(=O)OCc1ccccc1. The Morgan fingerprint density at radius 2 is 0.409 bits per heavy atom. The van der Waals surface area contributed by atoms with Crippen LogP contribution in [0.4, 0.5) is 0 Å². The Hall–Kier alpha value is -9.32. The molecule has 9 rings (SSSR count). The number of ether oxygens (including phenoxy) is 8. The summed E-state index contributed by atoms with van der Waals surface area (Å²) in [7, 11) is 0. The van der Waals surface area contributed by atoms with Crippen molar-refractivity contribution in [3.8, 4) is 23.0 Å². The summed E-state index contributed by atoms with van der Waals surface area (Å²) in [6, 6.07) is 59.0. The lowest BCUT2D eigenvalue weighted by Gasteiger charge is -2.29. The summed E-state index contributed by atoms with van der Waals surface area (Å²) >= 11 is 0. The molecular formula is C116H164N4O12. The van der Waals surface area contributed by atoms with Crippen LogP contribution in [0.25, 0.3) is 0 Å². The first-order valence-electron chi connectivity index (χ1n) is 50.3. The lowest BCUT2D eigenvalue weighted by atomic mass is 9.79. The molecule has 0 unspecified atom stereocenters. The molecule has 0 aromatic heterocycles. The molecule has 0 atom stereocenters. The van der Waals surface area contributed by atoms with Crippen LogP contribution in [0.15, 0.2) is 170 Å². The molecule has 8 bridgehead atoms. The standard InChI is InChI=1S/C116H164N4O12/c1-17-21-37-57-117(81-105(121)129-85-89-49-29-25-30-50-89)61-41-45-65-125-109-93-69-95-75-102(114(8,9)10)77-97(110(95)126-66-46-42-62-118(58-38-22-18-2)82-106(122)130-86-90-51-31-26-32-52-90)71-99-79-104(116(14,15)16)80-100(112(99)128-68-48-44-64-120(60-40-24-20-4)84-108(124)132-88-92-55-35-28-36-56-92)72-98-78-103(115(11,12)13)76-96(70-94(109)74-101(73-93)113(5,6)7)111(98)127-67-47-43-63-119(59-39-23-19-3)83-107(123)131-87-91-53-33-27-34-54-91/h25-36,49-56,73-80H,17-24,37-48,57-72,81-88H2,1-16H3. The van der Waals surface area contributed by atoms with Gasteiger partial charge in [-0.2, -0.15) is 0 Å². The van der Waals surface area contributed by atoms with Crippen molar-refractivity contribution < 1.29 is 57.1 Å². The molecule has 0 saturated heterocycles. The molecule has 0 N–H and O–H groups in total. The van der Waals surface area contributed by atoms with E-state index in [1.165, 1.54) is 22.3 Å². The van der Waals surface area contributed by atoms with Gasteiger partial charge in [-0.25, -0.2) is 0 Å². The van der Waals surface area contributed by atoms with Crippen molar-refractivity contribution >= 4 is 23.9 Å². The first-order chi connectivity index (χ1) is 63.5. The summed E-state index contributed by atoms with van der Waals surface area (Å²) in [5.74, 6) is 2.57. The first kappa shape index (κ1) is 106. The van der Waals surface area contributed by atoms with E-state index >= 15 is 0 Å². The largest absolute Gasteiger partial charge is 0.493 e. The topological polar surface area (TPSA) is 155 Å². The van der Waals surface area contributed by atoms with Gasteiger partial charge in [-0.1, -0.05) is 332 Å². The molecule has 0 spiro atoms. The Balaban J connectivity index is 1.18. The highest BCUT2D eigenvalue weighted by molar-refractivity contribution is 5.73. The number of hydrogen-bond donors (Lipinski definition) is 0. The van der Waals surface area contributed by atoms with E-state index in [1.54, 1.807) is 0 Å². The van der Waals surface area contributed by atoms with Crippen LogP contribution in [-0.4, -0.2) is 148 Å². The second kappa shape index (κ2) is 55.5. The van der Waals surface area contributed by atoms with Gasteiger partial charge >= 0.3 is 23.9 Å². The molecule has 132 heavy (non-hydrogen) atoms. The highest BCUT2D eigenvalue weighted by Crippen LogP contribution is 2.45. The number of carbonyl (C=O) groups excluding carboxylic acids is 4. The van der Waals surface area contributed by atoms with Gasteiger partial charge in [-0.15, -0.1) is 0 Å². The van der Waals surface area contributed by atoms with Crippen molar-refractivity contribution in [1.29, 1.82) is 0 Å². The monoisotopic (exact) mass is 1810 g/mol. The van der Waals surface area contributed by atoms with Crippen molar-refractivity contribution in [2.45, 2.75) is 313 Å². The van der Waals surface area contributed by atoms with Crippen LogP contribution in [0, 0.1) is 0 Å². The molecule has 0 saturated carbocycles. The molecule has 1 aliphatic carbocycles. The van der Waals surface area contributed by atoms with Crippen LogP contribution >= 0.6 is 0 Å². The first-order valence-corrected chi connectivity index (χ1v) is 50.3. The quantitative estimate of drug-likeness (QED) is 0.0201. The van der Waals surface area contributed by atoms with Gasteiger partial charge in [-0.3, -0.25) is 38.8 Å². The van der Waals surface area contributed by atoms with Gasteiger partial charge in [-0.05, 0) is 240 Å². The fourth-order valence-electron chi connectivity index (χ4n) is 17.1. The maximum atomic E-state index is 13.7. The second-order valence-electron chi connectivity index (χ2n) is 40.9. The van der Waals surface area contributed by atoms with E-state index in [2.05, 4.69) is 179 Å². The smallest absolute Gasteiger partial charge is 0.320 e. The minimum Gasteiger partial charge on any atom is -0.493 e. The number of unbranched alkanes of at least 4 members (excludes halogenated alkanes) is 12. The van der Waals surface area contributed by atoms with E-state index < -0.39 is 0 Å². The third-order valence-corrected chi connectivity index (χ3v) is 25.1. The molecule has 0 aliphatic heterocycles. The van der Waals surface area contributed by atoms with Crippen molar-refractivity contribution in [2.75, 3.05) is 105 Å². The van der Waals surface area contributed by atoms with Crippen LogP contribution < -0.4 is 18.9 Å². The predicted octanol–water partition coefficient (Wildman–Crippen LogP) is 25.1. The summed E-state index contributed by atoms with van der Waals surface area (Å²) in [6.07, 6.45) is 20.8. The van der Waals surface area contributed by atoms with Gasteiger partial charge < -0.3 is 37.9 Å². The van der Waals surface area contributed by atoms with Crippen LogP contribution in [0.3, 0.4) is 0 Å². The van der Waals surface area contributed by atoms with Crippen molar-refractivity contribution in [3.05, 3.63) is 259 Å². The maximum Gasteiger partial charge on any atom is 0.320 e. The number of hydrogen-bond acceptors (Lipinski definition) is 16. The molecule has 0 amide bonds. The van der Waals surface area contributed by atoms with Crippen LogP contribution in [0.5, 0.6) is 23.0 Å². The average Bonchev–Trinajstić information content (AvgIpc) is 0.760. The summed E-state index contributed by atoms with van der Waals surface area (Å²) in [6.45, 7) is 46.4. The second-order valence-corrected chi connectivity index (χ2v) is 40.9. The Morgan fingerprint density at radius 1 is 0.242 bits per heavy atom. The molecule has 0 heterocycles. The minimum atomic E-state index is -0.289. The lowest BCUT2D eigenvalue weighted by Crippen LogP contribution is -2.33. The molecule has 8 aromatic carbocycles. The number of benzene rings is 8. The summed E-state index contributed by atoms with van der Waals surface area (Å²) < 4.78 is 54.2. The third kappa shape index (κ3) is 37.5. The van der Waals surface area contributed by atoms with Gasteiger partial charge in [0.25, 0.3) is 0 Å². The highest BCUT2D eigenvalue weighted by atomic mass is 16.5. The van der Waals surface area contributed by atoms with E-state index in [0.29, 0.717) is 52.1 Å². The van der Waals surface area contributed by atoms with E-state index in [1.807, 2.05) is 121 Å². The Labute approximate surface area is 795 Å². The third-order valence-electron chi connectivity index (χ3n) is 25.1. The number of rotatable bonds is 56. The van der Waals surface area contributed by atoms with Gasteiger partial charge in [0.2, 0.25) is 0 Å². The van der Waals surface area contributed by atoms with E-state index in [9.17, 15) is 19.2 Å². The Kier molecular flexibility index (Phi) is 44.7. The van der Waals surface area contributed by atoms with E-state index in [0.717, 1.165) is 271 Å². The Morgan fingerprint density at radius 3 is 0.568 bits per heavy atom. The predicted molar refractivity (Wildman–Crippen MR) is 540 cm³/mol. The van der Waals surface area contributed by atoms with Crippen molar-refractivity contribution in [2.24, 2.45) is 0 Å². The van der Waals surface area contributed by atoms with Gasteiger partial charge in [0, 0.05) is 25.7 Å². The minimum absolute atomic E-state index is 0.219. The van der Waals surface area contributed by atoms with Crippen LogP contribution in [0.1, 0.15) is 328 Å². The number of fused-ring (bicyclic) bond motifs is 8. The average molecular weight is 1810 g/mol. The normalized spacial score (nSPS) is 12.5. The van der Waals surface area contributed by atoms with Crippen LogP contribution in [0.2, 0.25) is 0 Å². The molecule has 16 nitrogen and oxygen atoms in total. The molecule has 0 radical (unpaired) electrons. The number of carbonyl (C=O) groups is 4. The van der Waals surface area contributed by atoms with E-state index in [4.69, 9.17) is 37.9 Å². The zero-order chi connectivity index (χ0) is 94.7. The molecule has 8 aromatic rings. The van der Waals surface area contributed by atoms with Crippen LogP contribution in [-0.2, 0) is 112 Å². The molecule has 0 fully saturated rings. The molecule has 16 heteroatoms.